The molecule has 1 aliphatic rings. The lowest BCUT2D eigenvalue weighted by Crippen LogP contribution is -2.62. The van der Waals surface area contributed by atoms with Crippen molar-refractivity contribution in [1.29, 1.82) is 0 Å². The third-order valence-corrected chi connectivity index (χ3v) is 3.35. The van der Waals surface area contributed by atoms with Gasteiger partial charge in [0.1, 0.15) is 11.2 Å². The first-order valence-corrected chi connectivity index (χ1v) is 6.20. The predicted molar refractivity (Wildman–Crippen MR) is 72.8 cm³/mol. The van der Waals surface area contributed by atoms with Crippen LogP contribution in [-0.2, 0) is 9.59 Å². The van der Waals surface area contributed by atoms with Gasteiger partial charge in [0.2, 0.25) is 11.8 Å². The minimum absolute atomic E-state index is 0.197. The smallest absolute Gasteiger partial charge is 0.335 e. The Kier molecular flexibility index (Phi) is 3.43. The lowest BCUT2D eigenvalue weighted by molar-refractivity contribution is -0.140. The van der Waals surface area contributed by atoms with Crippen molar-refractivity contribution in [2.45, 2.75) is 13.8 Å². The molecule has 106 valence electrons. The minimum Gasteiger partial charge on any atom is -0.495 e. The number of methoxy groups -OCH3 is 1. The van der Waals surface area contributed by atoms with E-state index in [0.29, 0.717) is 10.8 Å². The van der Waals surface area contributed by atoms with Crippen molar-refractivity contribution in [3.63, 3.8) is 0 Å². The van der Waals surface area contributed by atoms with Crippen LogP contribution in [0.25, 0.3) is 0 Å². The summed E-state index contributed by atoms with van der Waals surface area (Å²) in [7, 11) is 1.41. The number of urea groups is 1. The molecule has 6 nitrogen and oxygen atoms in total. The fourth-order valence-electron chi connectivity index (χ4n) is 1.83. The number of hydrogen-bond donors (Lipinski definition) is 1. The number of hydrogen-bond acceptors (Lipinski definition) is 4. The highest BCUT2D eigenvalue weighted by molar-refractivity contribution is 6.33. The largest absolute Gasteiger partial charge is 0.495 e. The second-order valence-electron chi connectivity index (χ2n) is 4.84. The van der Waals surface area contributed by atoms with E-state index in [1.54, 1.807) is 12.1 Å². The van der Waals surface area contributed by atoms with Crippen molar-refractivity contribution in [2.75, 3.05) is 12.0 Å². The number of carbonyl (C=O) groups excluding carboxylic acids is 3. The highest BCUT2D eigenvalue weighted by atomic mass is 35.5. The zero-order chi connectivity index (χ0) is 15.1. The van der Waals surface area contributed by atoms with Gasteiger partial charge in [-0.15, -0.1) is 0 Å². The van der Waals surface area contributed by atoms with Crippen LogP contribution in [0.3, 0.4) is 0 Å². The number of barbiturate groups is 1. The quantitative estimate of drug-likeness (QED) is 0.847. The molecule has 0 aromatic heterocycles. The van der Waals surface area contributed by atoms with E-state index in [2.05, 4.69) is 5.32 Å². The van der Waals surface area contributed by atoms with Crippen LogP contribution < -0.4 is 15.0 Å². The highest BCUT2D eigenvalue weighted by Crippen LogP contribution is 2.35. The number of benzene rings is 1. The van der Waals surface area contributed by atoms with Gasteiger partial charge >= 0.3 is 6.03 Å². The summed E-state index contributed by atoms with van der Waals surface area (Å²) in [6, 6.07) is 3.73. The first kappa shape index (κ1) is 14.3. The van der Waals surface area contributed by atoms with Gasteiger partial charge in [-0.3, -0.25) is 14.9 Å². The molecule has 2 rings (SSSR count). The van der Waals surface area contributed by atoms with Crippen LogP contribution in [0.5, 0.6) is 5.75 Å². The average molecular weight is 297 g/mol. The molecule has 0 unspecified atom stereocenters. The van der Waals surface area contributed by atoms with Crippen LogP contribution in [0.2, 0.25) is 5.02 Å². The Hall–Kier alpha value is -2.08. The van der Waals surface area contributed by atoms with E-state index >= 15 is 0 Å². The van der Waals surface area contributed by atoms with Gasteiger partial charge in [-0.1, -0.05) is 11.6 Å². The zero-order valence-electron chi connectivity index (χ0n) is 11.2. The predicted octanol–water partition coefficient (Wildman–Crippen LogP) is 1.96. The second kappa shape index (κ2) is 4.79. The fraction of sp³-hybridized carbons (Fsp3) is 0.308. The van der Waals surface area contributed by atoms with E-state index in [4.69, 9.17) is 16.3 Å². The lowest BCUT2D eigenvalue weighted by atomic mass is 9.88. The third-order valence-electron chi connectivity index (χ3n) is 3.11. The highest BCUT2D eigenvalue weighted by Gasteiger charge is 2.48. The van der Waals surface area contributed by atoms with Gasteiger partial charge in [-0.05, 0) is 32.0 Å². The number of halogens is 1. The summed E-state index contributed by atoms with van der Waals surface area (Å²) in [5, 5.41) is 2.49. The Morgan fingerprint density at radius 1 is 1.25 bits per heavy atom. The monoisotopic (exact) mass is 296 g/mol. The number of ether oxygens (including phenoxy) is 1. The maximum absolute atomic E-state index is 12.4. The van der Waals surface area contributed by atoms with Gasteiger partial charge in [-0.25, -0.2) is 9.69 Å². The van der Waals surface area contributed by atoms with Crippen molar-refractivity contribution in [2.24, 2.45) is 5.41 Å². The van der Waals surface area contributed by atoms with Gasteiger partial charge in [0.25, 0.3) is 0 Å². The van der Waals surface area contributed by atoms with E-state index in [1.165, 1.54) is 27.0 Å². The van der Waals surface area contributed by atoms with E-state index < -0.39 is 23.3 Å². The summed E-state index contributed by atoms with van der Waals surface area (Å²) >= 11 is 5.90. The van der Waals surface area contributed by atoms with Crippen molar-refractivity contribution in [3.05, 3.63) is 23.2 Å². The SMILES string of the molecule is COc1ccc(Cl)cc1N1C(=O)NC(=O)C(C)(C)C1=O. The van der Waals surface area contributed by atoms with Crippen molar-refractivity contribution < 1.29 is 19.1 Å². The maximum atomic E-state index is 12.4. The summed E-state index contributed by atoms with van der Waals surface area (Å²) in [6.07, 6.45) is 0. The molecule has 1 fully saturated rings. The lowest BCUT2D eigenvalue weighted by Gasteiger charge is -2.35. The van der Waals surface area contributed by atoms with Gasteiger partial charge in [0.15, 0.2) is 0 Å². The summed E-state index contributed by atoms with van der Waals surface area (Å²) < 4.78 is 5.13. The number of imide groups is 2. The molecule has 0 atom stereocenters. The Morgan fingerprint density at radius 3 is 2.50 bits per heavy atom. The maximum Gasteiger partial charge on any atom is 0.335 e. The first-order chi connectivity index (χ1) is 9.28. The molecule has 7 heteroatoms. The van der Waals surface area contributed by atoms with Crippen LogP contribution in [0.4, 0.5) is 10.5 Å². The number of carbonyl (C=O) groups is 3. The molecule has 4 amide bonds. The topological polar surface area (TPSA) is 75.7 Å². The molecular formula is C13H13ClN2O4. The van der Waals surface area contributed by atoms with Crippen LogP contribution >= 0.6 is 11.6 Å². The summed E-state index contributed by atoms with van der Waals surface area (Å²) in [6.45, 7) is 2.89. The first-order valence-electron chi connectivity index (χ1n) is 5.82. The summed E-state index contributed by atoms with van der Waals surface area (Å²) in [4.78, 5) is 36.9. The average Bonchev–Trinajstić information content (AvgIpc) is 2.37. The number of amides is 4. The number of nitrogens with one attached hydrogen (secondary N) is 1. The molecule has 1 N–H and O–H groups in total. The summed E-state index contributed by atoms with van der Waals surface area (Å²) in [5.74, 6) is -0.959. The Labute approximate surface area is 120 Å². The third kappa shape index (κ3) is 2.12. The molecule has 0 aliphatic carbocycles. The molecule has 20 heavy (non-hydrogen) atoms. The molecular weight excluding hydrogens is 284 g/mol. The summed E-state index contributed by atoms with van der Waals surface area (Å²) in [5.41, 5.74) is -1.15. The van der Waals surface area contributed by atoms with Crippen LogP contribution in [0.1, 0.15) is 13.8 Å². The Balaban J connectivity index is 2.56. The van der Waals surface area contributed by atoms with E-state index in [0.717, 1.165) is 4.90 Å². The fourth-order valence-corrected chi connectivity index (χ4v) is 2.00. The Morgan fingerprint density at radius 2 is 1.90 bits per heavy atom. The van der Waals surface area contributed by atoms with Crippen LogP contribution in [0, 0.1) is 5.41 Å². The van der Waals surface area contributed by atoms with Crippen molar-refractivity contribution >= 4 is 35.1 Å². The molecule has 0 saturated carbocycles. The molecule has 1 saturated heterocycles. The van der Waals surface area contributed by atoms with E-state index in [-0.39, 0.29) is 5.69 Å². The number of nitrogens with zero attached hydrogens (tertiary/aromatic N) is 1. The van der Waals surface area contributed by atoms with E-state index in [9.17, 15) is 14.4 Å². The van der Waals surface area contributed by atoms with Crippen molar-refractivity contribution in [1.82, 2.24) is 5.32 Å². The van der Waals surface area contributed by atoms with Gasteiger partial charge in [-0.2, -0.15) is 0 Å². The molecule has 0 bridgehead atoms. The molecule has 0 radical (unpaired) electrons. The number of rotatable bonds is 2. The number of anilines is 1. The minimum atomic E-state index is -1.35. The second-order valence-corrected chi connectivity index (χ2v) is 5.28. The molecule has 0 spiro atoms. The van der Waals surface area contributed by atoms with E-state index in [1.807, 2.05) is 0 Å². The van der Waals surface area contributed by atoms with Crippen LogP contribution in [0.15, 0.2) is 18.2 Å². The standard InChI is InChI=1S/C13H13ClN2O4/c1-13(2)10(17)15-12(19)16(11(13)18)8-6-7(14)4-5-9(8)20-3/h4-6H,1-3H3,(H,15,17,19). The molecule has 1 aliphatic heterocycles. The van der Waals surface area contributed by atoms with Gasteiger partial charge < -0.3 is 4.74 Å². The van der Waals surface area contributed by atoms with Crippen molar-refractivity contribution in [3.8, 4) is 5.75 Å². The zero-order valence-corrected chi connectivity index (χ0v) is 11.9. The van der Waals surface area contributed by atoms with Crippen LogP contribution in [-0.4, -0.2) is 25.0 Å². The normalized spacial score (nSPS) is 18.0. The molecule has 1 aromatic rings. The molecule has 1 heterocycles. The Bertz CT molecular complexity index is 612. The van der Waals surface area contributed by atoms with Gasteiger partial charge in [0, 0.05) is 5.02 Å². The molecule has 1 aromatic carbocycles. The van der Waals surface area contributed by atoms with Gasteiger partial charge in [0.05, 0.1) is 12.8 Å².